The third-order valence-corrected chi connectivity index (χ3v) is 5.76. The Balaban J connectivity index is 0.00000729. The third kappa shape index (κ3) is 10.2. The van der Waals surface area contributed by atoms with Crippen molar-refractivity contribution >= 4 is 51.3 Å². The average Bonchev–Trinajstić information content (AvgIpc) is 3.02. The SMILES string of the molecule is CCNC(=NCCCN(CC)S(C)(=O)=O)NCCc1nc(C(F)(F)F)cs1.I. The lowest BCUT2D eigenvalue weighted by molar-refractivity contribution is -0.140. The fourth-order valence-corrected chi connectivity index (χ4v) is 3.92. The molecule has 164 valence electrons. The normalized spacial score (nSPS) is 12.8. The van der Waals surface area contributed by atoms with Gasteiger partial charge in [-0.2, -0.15) is 13.2 Å². The van der Waals surface area contributed by atoms with Crippen LogP contribution in [0.15, 0.2) is 10.4 Å². The number of hydrogen-bond donors (Lipinski definition) is 2. The van der Waals surface area contributed by atoms with Crippen molar-refractivity contribution in [3.05, 3.63) is 16.1 Å². The van der Waals surface area contributed by atoms with Crippen LogP contribution in [0.5, 0.6) is 0 Å². The van der Waals surface area contributed by atoms with Gasteiger partial charge < -0.3 is 10.6 Å². The molecule has 0 aromatic carbocycles. The van der Waals surface area contributed by atoms with Crippen molar-refractivity contribution < 1.29 is 21.6 Å². The second kappa shape index (κ2) is 12.8. The van der Waals surface area contributed by atoms with E-state index < -0.39 is 21.9 Å². The molecular weight excluding hydrogens is 530 g/mol. The minimum absolute atomic E-state index is 0. The van der Waals surface area contributed by atoms with Gasteiger partial charge in [-0.25, -0.2) is 17.7 Å². The number of alkyl halides is 3. The van der Waals surface area contributed by atoms with Crippen LogP contribution in [0.25, 0.3) is 0 Å². The molecule has 0 aliphatic rings. The van der Waals surface area contributed by atoms with Crippen LogP contribution in [0, 0.1) is 0 Å². The highest BCUT2D eigenvalue weighted by atomic mass is 127. The maximum atomic E-state index is 12.5. The summed E-state index contributed by atoms with van der Waals surface area (Å²) >= 11 is 0.977. The van der Waals surface area contributed by atoms with Gasteiger partial charge >= 0.3 is 6.18 Å². The number of hydrogen-bond acceptors (Lipinski definition) is 5. The molecule has 0 radical (unpaired) electrons. The lowest BCUT2D eigenvalue weighted by Gasteiger charge is -2.17. The van der Waals surface area contributed by atoms with Crippen LogP contribution < -0.4 is 10.6 Å². The summed E-state index contributed by atoms with van der Waals surface area (Å²) in [6, 6.07) is 0. The van der Waals surface area contributed by atoms with E-state index in [2.05, 4.69) is 20.6 Å². The molecule has 0 unspecified atom stereocenters. The molecule has 28 heavy (non-hydrogen) atoms. The smallest absolute Gasteiger partial charge is 0.357 e. The molecule has 7 nitrogen and oxygen atoms in total. The molecule has 1 rings (SSSR count). The molecule has 1 aromatic heterocycles. The number of thiazole rings is 1. The first-order valence-electron chi connectivity index (χ1n) is 8.56. The lowest BCUT2D eigenvalue weighted by Crippen LogP contribution is -2.38. The number of nitrogens with one attached hydrogen (secondary N) is 2. The van der Waals surface area contributed by atoms with Crippen molar-refractivity contribution in [2.45, 2.75) is 32.9 Å². The van der Waals surface area contributed by atoms with Gasteiger partial charge in [0, 0.05) is 44.5 Å². The van der Waals surface area contributed by atoms with Gasteiger partial charge in [0.2, 0.25) is 10.0 Å². The average molecular weight is 557 g/mol. The lowest BCUT2D eigenvalue weighted by atomic mass is 10.4. The number of guanidine groups is 1. The first-order chi connectivity index (χ1) is 12.6. The van der Waals surface area contributed by atoms with E-state index in [0.29, 0.717) is 56.5 Å². The molecule has 13 heteroatoms. The Morgan fingerprint density at radius 3 is 2.50 bits per heavy atom. The Morgan fingerprint density at radius 1 is 1.32 bits per heavy atom. The van der Waals surface area contributed by atoms with Crippen LogP contribution in [-0.2, 0) is 22.6 Å². The number of halogens is 4. The molecular formula is C15H27F3IN5O2S2. The van der Waals surface area contributed by atoms with Crippen LogP contribution in [0.4, 0.5) is 13.2 Å². The quantitative estimate of drug-likeness (QED) is 0.200. The summed E-state index contributed by atoms with van der Waals surface area (Å²) in [5.41, 5.74) is -0.866. The molecule has 1 aromatic rings. The number of rotatable bonds is 10. The van der Waals surface area contributed by atoms with Crippen LogP contribution in [0.2, 0.25) is 0 Å². The largest absolute Gasteiger partial charge is 0.434 e. The van der Waals surface area contributed by atoms with Crippen LogP contribution >= 0.6 is 35.3 Å². The van der Waals surface area contributed by atoms with Crippen LogP contribution in [0.3, 0.4) is 0 Å². The molecule has 0 spiro atoms. The fraction of sp³-hybridized carbons (Fsp3) is 0.733. The van der Waals surface area contributed by atoms with E-state index >= 15 is 0 Å². The first-order valence-corrected chi connectivity index (χ1v) is 11.3. The molecule has 1 heterocycles. The zero-order valence-corrected chi connectivity index (χ0v) is 20.0. The molecule has 0 amide bonds. The van der Waals surface area contributed by atoms with Gasteiger partial charge in [-0.1, -0.05) is 6.92 Å². The van der Waals surface area contributed by atoms with Gasteiger partial charge in [0.1, 0.15) is 0 Å². The van der Waals surface area contributed by atoms with Gasteiger partial charge in [-0.3, -0.25) is 4.99 Å². The van der Waals surface area contributed by atoms with Gasteiger partial charge in [0.15, 0.2) is 11.7 Å². The van der Waals surface area contributed by atoms with E-state index in [-0.39, 0.29) is 24.0 Å². The summed E-state index contributed by atoms with van der Waals surface area (Å²) in [6.07, 6.45) is -2.33. The van der Waals surface area contributed by atoms with E-state index in [1.54, 1.807) is 6.92 Å². The second-order valence-electron chi connectivity index (χ2n) is 5.67. The van der Waals surface area contributed by atoms with Crippen LogP contribution in [-0.4, -0.2) is 62.6 Å². The molecule has 0 aliphatic heterocycles. The Bertz CT molecular complexity index is 711. The highest BCUT2D eigenvalue weighted by Crippen LogP contribution is 2.29. The second-order valence-corrected chi connectivity index (χ2v) is 8.59. The van der Waals surface area contributed by atoms with E-state index in [0.717, 1.165) is 16.7 Å². The van der Waals surface area contributed by atoms with E-state index in [1.165, 1.54) is 10.6 Å². The summed E-state index contributed by atoms with van der Waals surface area (Å²) in [5, 5.41) is 7.49. The molecule has 0 fully saturated rings. The Labute approximate surface area is 185 Å². The van der Waals surface area contributed by atoms with E-state index in [9.17, 15) is 21.6 Å². The summed E-state index contributed by atoms with van der Waals surface area (Å²) in [5.74, 6) is 0.535. The Morgan fingerprint density at radius 2 is 2.00 bits per heavy atom. The van der Waals surface area contributed by atoms with Gasteiger partial charge in [0.25, 0.3) is 0 Å². The summed E-state index contributed by atoms with van der Waals surface area (Å²) in [6.45, 7) is 5.92. The standard InChI is InChI=1S/C15H26F3N5O2S2.HI/c1-4-19-14(20-8-6-10-23(5-2)27(3,24)25)21-9-7-13-22-12(11-26-13)15(16,17)18;/h11H,4-10H2,1-3H3,(H2,19,20,21);1H. The zero-order valence-electron chi connectivity index (χ0n) is 16.0. The fourth-order valence-electron chi connectivity index (χ4n) is 2.18. The summed E-state index contributed by atoms with van der Waals surface area (Å²) < 4.78 is 62.0. The van der Waals surface area contributed by atoms with Gasteiger partial charge in [-0.05, 0) is 13.3 Å². The predicted molar refractivity (Wildman–Crippen MR) is 117 cm³/mol. The van der Waals surface area contributed by atoms with Gasteiger partial charge in [0.05, 0.1) is 11.3 Å². The molecule has 0 aliphatic carbocycles. The minimum atomic E-state index is -4.42. The Kier molecular flexibility index (Phi) is 12.5. The predicted octanol–water partition coefficient (Wildman–Crippen LogP) is 2.55. The highest BCUT2D eigenvalue weighted by molar-refractivity contribution is 14.0. The molecule has 0 saturated heterocycles. The van der Waals surface area contributed by atoms with Gasteiger partial charge in [-0.15, -0.1) is 35.3 Å². The summed E-state index contributed by atoms with van der Waals surface area (Å²) in [7, 11) is -3.21. The zero-order chi connectivity index (χ0) is 20.5. The number of aliphatic imine (C=N–C) groups is 1. The molecule has 0 atom stereocenters. The van der Waals surface area contributed by atoms with Crippen molar-refractivity contribution in [3.8, 4) is 0 Å². The van der Waals surface area contributed by atoms with Crippen molar-refractivity contribution in [2.24, 2.45) is 4.99 Å². The van der Waals surface area contributed by atoms with Crippen molar-refractivity contribution in [1.82, 2.24) is 19.9 Å². The monoisotopic (exact) mass is 557 g/mol. The van der Waals surface area contributed by atoms with Crippen molar-refractivity contribution in [3.63, 3.8) is 0 Å². The highest BCUT2D eigenvalue weighted by Gasteiger charge is 2.33. The number of nitrogens with zero attached hydrogens (tertiary/aromatic N) is 3. The first kappa shape index (κ1) is 27.3. The maximum absolute atomic E-state index is 12.5. The van der Waals surface area contributed by atoms with Crippen molar-refractivity contribution in [2.75, 3.05) is 39.0 Å². The van der Waals surface area contributed by atoms with E-state index in [4.69, 9.17) is 0 Å². The van der Waals surface area contributed by atoms with E-state index in [1.807, 2.05) is 6.92 Å². The van der Waals surface area contributed by atoms with Crippen LogP contribution in [0.1, 0.15) is 31.0 Å². The Hall–Kier alpha value is -0.670. The molecule has 0 saturated carbocycles. The third-order valence-electron chi connectivity index (χ3n) is 3.47. The number of aromatic nitrogens is 1. The number of sulfonamides is 1. The molecule has 2 N–H and O–H groups in total. The maximum Gasteiger partial charge on any atom is 0.434 e. The van der Waals surface area contributed by atoms with Crippen molar-refractivity contribution in [1.29, 1.82) is 0 Å². The molecule has 0 bridgehead atoms. The minimum Gasteiger partial charge on any atom is -0.357 e. The summed E-state index contributed by atoms with van der Waals surface area (Å²) in [4.78, 5) is 7.94. The topological polar surface area (TPSA) is 86.7 Å².